The molecule has 0 amide bonds. The van der Waals surface area contributed by atoms with E-state index in [2.05, 4.69) is 33.5 Å². The monoisotopic (exact) mass is 244 g/mol. The van der Waals surface area contributed by atoms with Gasteiger partial charge in [-0.1, -0.05) is 23.4 Å². The van der Waals surface area contributed by atoms with E-state index in [4.69, 9.17) is 0 Å². The number of rotatable bonds is 2. The Morgan fingerprint density at radius 3 is 2.94 bits per heavy atom. The molecular formula is C11H10N5S+. The van der Waals surface area contributed by atoms with Crippen molar-refractivity contribution in [2.45, 2.75) is 6.92 Å². The lowest BCUT2D eigenvalue weighted by atomic mass is 10.2. The predicted molar refractivity (Wildman–Crippen MR) is 63.8 cm³/mol. The molecule has 0 saturated carbocycles. The third-order valence-electron chi connectivity index (χ3n) is 2.48. The van der Waals surface area contributed by atoms with Gasteiger partial charge in [0.1, 0.15) is 10.8 Å². The summed E-state index contributed by atoms with van der Waals surface area (Å²) in [4.78, 5) is 4.25. The molecule has 3 aromatic rings. The number of aromatic amines is 1. The standard InChI is InChI=1S/C11H9N5S/c1-8-4-2-3-5-9(8)16-10(13-14-15-16)11-12-6-7-17-11/h2-7H,1H3/p+1. The molecule has 0 bridgehead atoms. The summed E-state index contributed by atoms with van der Waals surface area (Å²) in [5, 5.41) is 13.6. The molecule has 3 rings (SSSR count). The van der Waals surface area contributed by atoms with E-state index in [-0.39, 0.29) is 0 Å². The first kappa shape index (κ1) is 10.1. The summed E-state index contributed by atoms with van der Waals surface area (Å²) in [7, 11) is 0. The van der Waals surface area contributed by atoms with Crippen LogP contribution >= 0.6 is 11.3 Å². The van der Waals surface area contributed by atoms with Crippen LogP contribution in [-0.4, -0.2) is 20.5 Å². The number of aryl methyl sites for hydroxylation is 1. The highest BCUT2D eigenvalue weighted by molar-refractivity contribution is 7.12. The maximum absolute atomic E-state index is 4.25. The van der Waals surface area contributed by atoms with Gasteiger partial charge in [0.2, 0.25) is 0 Å². The lowest BCUT2D eigenvalue weighted by molar-refractivity contribution is -0.650. The molecule has 0 saturated heterocycles. The van der Waals surface area contributed by atoms with Gasteiger partial charge in [0.25, 0.3) is 0 Å². The molecule has 0 aliphatic heterocycles. The van der Waals surface area contributed by atoms with Crippen molar-refractivity contribution in [1.82, 2.24) is 20.5 Å². The highest BCUT2D eigenvalue weighted by Gasteiger charge is 2.21. The Hall–Kier alpha value is -2.08. The molecule has 2 heterocycles. The molecule has 6 heteroatoms. The van der Waals surface area contributed by atoms with Crippen molar-refractivity contribution in [3.8, 4) is 16.5 Å². The van der Waals surface area contributed by atoms with Crippen molar-refractivity contribution in [2.24, 2.45) is 0 Å². The maximum atomic E-state index is 4.25. The molecule has 17 heavy (non-hydrogen) atoms. The van der Waals surface area contributed by atoms with Crippen LogP contribution in [0.3, 0.4) is 0 Å². The number of H-pyrrole nitrogens is 1. The van der Waals surface area contributed by atoms with Crippen LogP contribution in [0, 0.1) is 6.92 Å². The molecule has 0 aliphatic carbocycles. The number of tetrazole rings is 1. The third kappa shape index (κ3) is 1.72. The predicted octanol–water partition coefficient (Wildman–Crippen LogP) is 1.51. The van der Waals surface area contributed by atoms with E-state index in [1.807, 2.05) is 28.3 Å². The topological polar surface area (TPSA) is 58.3 Å². The average Bonchev–Trinajstić information content (AvgIpc) is 3.00. The number of nitrogens with zero attached hydrogens (tertiary/aromatic N) is 4. The molecule has 0 unspecified atom stereocenters. The van der Waals surface area contributed by atoms with E-state index >= 15 is 0 Å². The second-order valence-corrected chi connectivity index (χ2v) is 4.48. The first-order valence-electron chi connectivity index (χ1n) is 5.15. The zero-order valence-corrected chi connectivity index (χ0v) is 9.98. The van der Waals surface area contributed by atoms with E-state index in [1.165, 1.54) is 0 Å². The normalized spacial score (nSPS) is 10.6. The van der Waals surface area contributed by atoms with E-state index < -0.39 is 0 Å². The summed E-state index contributed by atoms with van der Waals surface area (Å²) < 4.78 is 1.84. The number of thiazole rings is 1. The van der Waals surface area contributed by atoms with E-state index in [0.717, 1.165) is 22.1 Å². The Labute approximate surface area is 102 Å². The van der Waals surface area contributed by atoms with E-state index in [9.17, 15) is 0 Å². The van der Waals surface area contributed by atoms with E-state index in [1.54, 1.807) is 17.5 Å². The Morgan fingerprint density at radius 2 is 2.18 bits per heavy atom. The van der Waals surface area contributed by atoms with Gasteiger partial charge in [-0.15, -0.1) is 16.0 Å². The maximum Gasteiger partial charge on any atom is 0.366 e. The highest BCUT2D eigenvalue weighted by atomic mass is 32.1. The minimum atomic E-state index is 0.731. The van der Waals surface area contributed by atoms with E-state index in [0.29, 0.717) is 0 Å². The largest absolute Gasteiger partial charge is 0.366 e. The van der Waals surface area contributed by atoms with Crippen molar-refractivity contribution in [1.29, 1.82) is 0 Å². The molecule has 84 valence electrons. The van der Waals surface area contributed by atoms with Crippen molar-refractivity contribution in [3.05, 3.63) is 41.4 Å². The molecule has 0 atom stereocenters. The van der Waals surface area contributed by atoms with Gasteiger partial charge in [-0.2, -0.15) is 0 Å². The third-order valence-corrected chi connectivity index (χ3v) is 3.25. The van der Waals surface area contributed by atoms with Gasteiger partial charge >= 0.3 is 5.82 Å². The molecule has 5 nitrogen and oxygen atoms in total. The fraction of sp³-hybridized carbons (Fsp3) is 0.0909. The Bertz CT molecular complexity index is 629. The van der Waals surface area contributed by atoms with Crippen molar-refractivity contribution >= 4 is 11.3 Å². The van der Waals surface area contributed by atoms with Gasteiger partial charge < -0.3 is 0 Å². The summed E-state index contributed by atoms with van der Waals surface area (Å²) in [5.74, 6) is 0.731. The summed E-state index contributed by atoms with van der Waals surface area (Å²) in [6.45, 7) is 2.05. The highest BCUT2D eigenvalue weighted by Crippen LogP contribution is 2.16. The average molecular weight is 244 g/mol. The van der Waals surface area contributed by atoms with Gasteiger partial charge in [0.05, 0.1) is 0 Å². The summed E-state index contributed by atoms with van der Waals surface area (Å²) in [6, 6.07) is 8.06. The number of para-hydroxylation sites is 1. The van der Waals surface area contributed by atoms with Crippen LogP contribution in [0.4, 0.5) is 0 Å². The Kier molecular flexibility index (Phi) is 2.41. The van der Waals surface area contributed by atoms with Crippen LogP contribution < -0.4 is 4.68 Å². The van der Waals surface area contributed by atoms with Gasteiger partial charge in [-0.25, -0.2) is 4.98 Å². The second kappa shape index (κ2) is 4.06. The first-order valence-corrected chi connectivity index (χ1v) is 6.03. The lowest BCUT2D eigenvalue weighted by Gasteiger charge is -2.00. The SMILES string of the molecule is Cc1ccccc1-[n+]1[nH]nnc1-c1nccs1. The lowest BCUT2D eigenvalue weighted by Crippen LogP contribution is -2.36. The minimum absolute atomic E-state index is 0.731. The zero-order valence-electron chi connectivity index (χ0n) is 9.16. The summed E-state index contributed by atoms with van der Waals surface area (Å²) in [5.41, 5.74) is 2.18. The van der Waals surface area contributed by atoms with Gasteiger partial charge in [-0.05, 0) is 18.6 Å². The Balaban J connectivity index is 2.17. The van der Waals surface area contributed by atoms with Crippen LogP contribution in [-0.2, 0) is 0 Å². The van der Waals surface area contributed by atoms with Crippen LogP contribution in [0.15, 0.2) is 35.8 Å². The number of nitrogens with one attached hydrogen (secondary N) is 1. The van der Waals surface area contributed by atoms with Crippen molar-refractivity contribution in [3.63, 3.8) is 0 Å². The number of hydrogen-bond donors (Lipinski definition) is 1. The molecule has 1 N–H and O–H groups in total. The van der Waals surface area contributed by atoms with Crippen LogP contribution in [0.2, 0.25) is 0 Å². The van der Waals surface area contributed by atoms with Crippen LogP contribution in [0.5, 0.6) is 0 Å². The summed E-state index contributed by atoms with van der Waals surface area (Å²) in [6.07, 6.45) is 1.76. The molecule has 1 aromatic carbocycles. The molecule has 0 spiro atoms. The molecular weight excluding hydrogens is 234 g/mol. The minimum Gasteiger partial charge on any atom is -0.238 e. The summed E-state index contributed by atoms with van der Waals surface area (Å²) >= 11 is 1.54. The van der Waals surface area contributed by atoms with Gasteiger partial charge in [-0.3, -0.25) is 0 Å². The number of benzene rings is 1. The molecule has 0 aliphatic rings. The van der Waals surface area contributed by atoms with Gasteiger partial charge in [0, 0.05) is 11.6 Å². The molecule has 2 aromatic heterocycles. The van der Waals surface area contributed by atoms with Crippen molar-refractivity contribution < 1.29 is 4.68 Å². The fourth-order valence-corrected chi connectivity index (χ4v) is 2.27. The fourth-order valence-electron chi connectivity index (χ4n) is 1.66. The smallest absolute Gasteiger partial charge is 0.238 e. The number of hydrogen-bond acceptors (Lipinski definition) is 4. The molecule has 0 radical (unpaired) electrons. The number of aromatic nitrogens is 5. The quantitative estimate of drug-likeness (QED) is 0.695. The molecule has 0 fully saturated rings. The van der Waals surface area contributed by atoms with Crippen molar-refractivity contribution in [2.75, 3.05) is 0 Å². The first-order chi connectivity index (χ1) is 8.36. The second-order valence-electron chi connectivity index (χ2n) is 3.58. The Morgan fingerprint density at radius 1 is 1.29 bits per heavy atom. The van der Waals surface area contributed by atoms with Gasteiger partial charge in [0.15, 0.2) is 10.2 Å². The zero-order chi connectivity index (χ0) is 11.7. The van der Waals surface area contributed by atoms with Crippen LogP contribution in [0.25, 0.3) is 16.5 Å². The van der Waals surface area contributed by atoms with Crippen LogP contribution in [0.1, 0.15) is 5.56 Å².